The van der Waals surface area contributed by atoms with E-state index >= 15 is 0 Å². The van der Waals surface area contributed by atoms with Gasteiger partial charge in [0.15, 0.2) is 0 Å². The number of benzene rings is 2. The molecular formula is C26H36O2Si. The van der Waals surface area contributed by atoms with Gasteiger partial charge in [0.05, 0.1) is 0 Å². The van der Waals surface area contributed by atoms with E-state index in [4.69, 9.17) is 4.43 Å². The third kappa shape index (κ3) is 4.41. The first-order chi connectivity index (χ1) is 13.8. The molecule has 0 spiro atoms. The Hall–Kier alpha value is -1.71. The van der Waals surface area contributed by atoms with Crippen molar-refractivity contribution in [3.05, 3.63) is 60.7 Å². The molecule has 0 aromatic heterocycles. The Morgan fingerprint density at radius 3 is 1.97 bits per heavy atom. The second-order valence-corrected chi connectivity index (χ2v) is 14.1. The summed E-state index contributed by atoms with van der Waals surface area (Å²) < 4.78 is 7.06. The fourth-order valence-electron chi connectivity index (χ4n) is 5.26. The van der Waals surface area contributed by atoms with E-state index in [1.54, 1.807) is 0 Å². The van der Waals surface area contributed by atoms with Crippen LogP contribution in [0.5, 0.6) is 0 Å². The molecule has 0 amide bonds. The minimum absolute atomic E-state index is 0.0301. The number of hydrogen-bond acceptors (Lipinski definition) is 2. The molecule has 0 saturated heterocycles. The third-order valence-electron chi connectivity index (χ3n) is 6.66. The quantitative estimate of drug-likeness (QED) is 0.614. The Morgan fingerprint density at radius 1 is 1.00 bits per heavy atom. The van der Waals surface area contributed by atoms with Crippen LogP contribution in [0.25, 0.3) is 0 Å². The Kier molecular flexibility index (Phi) is 6.80. The molecule has 29 heavy (non-hydrogen) atoms. The van der Waals surface area contributed by atoms with Gasteiger partial charge in [0, 0.05) is 18.9 Å². The van der Waals surface area contributed by atoms with E-state index in [-0.39, 0.29) is 16.9 Å². The fourth-order valence-corrected chi connectivity index (χ4v) is 9.93. The summed E-state index contributed by atoms with van der Waals surface area (Å²) in [6.07, 6.45) is 2.93. The Morgan fingerprint density at radius 2 is 1.52 bits per heavy atom. The van der Waals surface area contributed by atoms with Gasteiger partial charge in [-0.3, -0.25) is 4.79 Å². The molecule has 1 aliphatic carbocycles. The highest BCUT2D eigenvalue weighted by Gasteiger charge is 2.50. The lowest BCUT2D eigenvalue weighted by Crippen LogP contribution is -2.67. The van der Waals surface area contributed by atoms with Crippen molar-refractivity contribution >= 4 is 24.5 Å². The number of ketones is 1. The second kappa shape index (κ2) is 8.97. The number of carbonyl (C=O) groups excluding carboxylic acids is 1. The van der Waals surface area contributed by atoms with Crippen molar-refractivity contribution in [1.29, 1.82) is 0 Å². The van der Waals surface area contributed by atoms with Crippen LogP contribution in [-0.2, 0) is 9.22 Å². The molecule has 3 atom stereocenters. The lowest BCUT2D eigenvalue weighted by Gasteiger charge is -2.44. The van der Waals surface area contributed by atoms with E-state index in [1.807, 2.05) is 0 Å². The molecule has 1 saturated carbocycles. The van der Waals surface area contributed by atoms with E-state index in [0.717, 1.165) is 19.3 Å². The number of rotatable bonds is 6. The zero-order valence-electron chi connectivity index (χ0n) is 18.7. The molecule has 2 nitrogen and oxygen atoms in total. The number of hydrogen-bond donors (Lipinski definition) is 0. The fraction of sp³-hybridized carbons (Fsp3) is 0.500. The standard InChI is InChI=1S/C26H36O2Si/c1-20-13-12-18-24(27)25(20)21(2)19-28-29(26(3,4)5,22-14-8-6-9-15-22)23-16-10-7-11-17-23/h6-11,14-17,20-21,25H,12-13,18-19H2,1-5H3/t20-,21-,25-/m0/s1. The molecule has 2 aromatic carbocycles. The van der Waals surface area contributed by atoms with Crippen LogP contribution in [0.4, 0.5) is 0 Å². The number of carbonyl (C=O) groups is 1. The van der Waals surface area contributed by atoms with E-state index < -0.39 is 8.32 Å². The second-order valence-electron chi connectivity index (χ2n) is 9.81. The molecule has 156 valence electrons. The van der Waals surface area contributed by atoms with E-state index in [2.05, 4.69) is 95.3 Å². The van der Waals surface area contributed by atoms with Crippen molar-refractivity contribution in [2.75, 3.05) is 6.61 Å². The van der Waals surface area contributed by atoms with Gasteiger partial charge in [-0.15, -0.1) is 0 Å². The SMILES string of the molecule is C[C@H]1CCCC(=O)[C@@H]1[C@@H](C)CO[Si](c1ccccc1)(c1ccccc1)C(C)(C)C. The molecule has 3 rings (SSSR count). The van der Waals surface area contributed by atoms with Gasteiger partial charge in [-0.1, -0.05) is 95.3 Å². The molecule has 1 aliphatic rings. The first-order valence-electron chi connectivity index (χ1n) is 11.0. The van der Waals surface area contributed by atoms with E-state index in [0.29, 0.717) is 18.3 Å². The molecule has 3 heteroatoms. The van der Waals surface area contributed by atoms with Crippen molar-refractivity contribution < 1.29 is 9.22 Å². The van der Waals surface area contributed by atoms with Crippen molar-refractivity contribution in [3.63, 3.8) is 0 Å². The van der Waals surface area contributed by atoms with Crippen LogP contribution in [0.15, 0.2) is 60.7 Å². The van der Waals surface area contributed by atoms with Gasteiger partial charge in [-0.05, 0) is 40.1 Å². The van der Waals surface area contributed by atoms with Gasteiger partial charge in [0.2, 0.25) is 0 Å². The van der Waals surface area contributed by atoms with Crippen LogP contribution in [0.1, 0.15) is 53.9 Å². The molecule has 0 heterocycles. The summed E-state index contributed by atoms with van der Waals surface area (Å²) in [5.41, 5.74) is 0. The molecule has 0 unspecified atom stereocenters. The van der Waals surface area contributed by atoms with Crippen LogP contribution in [0.2, 0.25) is 5.04 Å². The average molecular weight is 409 g/mol. The first kappa shape index (κ1) is 22.0. The maximum absolute atomic E-state index is 12.7. The monoisotopic (exact) mass is 408 g/mol. The zero-order chi connectivity index (χ0) is 21.1. The lowest BCUT2D eigenvalue weighted by molar-refractivity contribution is -0.128. The average Bonchev–Trinajstić information content (AvgIpc) is 2.69. The maximum atomic E-state index is 12.7. The minimum Gasteiger partial charge on any atom is -0.407 e. The molecule has 0 aliphatic heterocycles. The van der Waals surface area contributed by atoms with Crippen LogP contribution in [0, 0.1) is 17.8 Å². The Bertz CT molecular complexity index is 755. The molecular weight excluding hydrogens is 372 g/mol. The van der Waals surface area contributed by atoms with Crippen LogP contribution < -0.4 is 10.4 Å². The van der Waals surface area contributed by atoms with Gasteiger partial charge in [0.1, 0.15) is 5.78 Å². The highest BCUT2D eigenvalue weighted by Crippen LogP contribution is 2.38. The van der Waals surface area contributed by atoms with Crippen LogP contribution in [0.3, 0.4) is 0 Å². The summed E-state index contributed by atoms with van der Waals surface area (Å²) in [5, 5.41) is 2.57. The highest BCUT2D eigenvalue weighted by atomic mass is 28.4. The lowest BCUT2D eigenvalue weighted by atomic mass is 9.73. The van der Waals surface area contributed by atoms with Gasteiger partial charge < -0.3 is 4.43 Å². The summed E-state index contributed by atoms with van der Waals surface area (Å²) in [6, 6.07) is 21.5. The first-order valence-corrected chi connectivity index (χ1v) is 13.0. The third-order valence-corrected chi connectivity index (χ3v) is 11.7. The smallest absolute Gasteiger partial charge is 0.261 e. The van der Waals surface area contributed by atoms with Gasteiger partial charge in [-0.25, -0.2) is 0 Å². The predicted molar refractivity (Wildman–Crippen MR) is 124 cm³/mol. The van der Waals surface area contributed by atoms with E-state index in [9.17, 15) is 4.79 Å². The zero-order valence-corrected chi connectivity index (χ0v) is 19.7. The van der Waals surface area contributed by atoms with Crippen molar-refractivity contribution in [3.8, 4) is 0 Å². The summed E-state index contributed by atoms with van der Waals surface area (Å²) in [4.78, 5) is 12.7. The molecule has 0 radical (unpaired) electrons. The largest absolute Gasteiger partial charge is 0.407 e. The molecule has 0 bridgehead atoms. The van der Waals surface area contributed by atoms with Crippen LogP contribution in [-0.4, -0.2) is 20.7 Å². The van der Waals surface area contributed by atoms with Crippen molar-refractivity contribution in [2.24, 2.45) is 17.8 Å². The maximum Gasteiger partial charge on any atom is 0.261 e. The number of Topliss-reactive ketones (excluding diaryl/α,β-unsaturated/α-hetero) is 1. The van der Waals surface area contributed by atoms with Gasteiger partial charge in [0.25, 0.3) is 8.32 Å². The summed E-state index contributed by atoms with van der Waals surface area (Å²) in [7, 11) is -2.53. The van der Waals surface area contributed by atoms with Gasteiger partial charge in [-0.2, -0.15) is 0 Å². The van der Waals surface area contributed by atoms with Gasteiger partial charge >= 0.3 is 0 Å². The van der Waals surface area contributed by atoms with Crippen molar-refractivity contribution in [2.45, 2.75) is 58.9 Å². The minimum atomic E-state index is -2.53. The highest BCUT2D eigenvalue weighted by molar-refractivity contribution is 6.99. The van der Waals surface area contributed by atoms with E-state index in [1.165, 1.54) is 10.4 Å². The normalized spacial score (nSPS) is 21.8. The topological polar surface area (TPSA) is 26.3 Å². The van der Waals surface area contributed by atoms with Crippen molar-refractivity contribution in [1.82, 2.24) is 0 Å². The molecule has 1 fully saturated rings. The summed E-state index contributed by atoms with van der Waals surface area (Å²) in [6.45, 7) is 12.0. The Labute approximate surface area is 177 Å². The Balaban J connectivity index is 1.99. The predicted octanol–water partition coefficient (Wildman–Crippen LogP) is 5.20. The molecule has 0 N–H and O–H groups in total. The molecule has 2 aromatic rings. The van der Waals surface area contributed by atoms with Crippen LogP contribution >= 0.6 is 0 Å². The summed E-state index contributed by atoms with van der Waals surface area (Å²) >= 11 is 0. The summed E-state index contributed by atoms with van der Waals surface area (Å²) in [5.74, 6) is 1.25.